The summed E-state index contributed by atoms with van der Waals surface area (Å²) in [5, 5.41) is 13.4. The maximum absolute atomic E-state index is 12.9. The summed E-state index contributed by atoms with van der Waals surface area (Å²) in [7, 11) is 5.45. The predicted octanol–water partition coefficient (Wildman–Crippen LogP) is -3.39. The minimum Gasteiger partial charge on any atom is -0.450 e. The Labute approximate surface area is 144 Å². The van der Waals surface area contributed by atoms with Gasteiger partial charge in [-0.15, -0.1) is 7.05 Å². The Kier molecular flexibility index (Phi) is 3.57. The minimum atomic E-state index is -0.820. The molecule has 9 nitrogen and oxygen atoms in total. The van der Waals surface area contributed by atoms with Crippen molar-refractivity contribution in [2.45, 2.75) is 30.6 Å². The molecule has 5 atom stereocenters. The van der Waals surface area contributed by atoms with Gasteiger partial charge in [0.2, 0.25) is 11.6 Å². The number of nitrogens with zero attached hydrogens (tertiary/aromatic N) is 1. The molecule has 0 radical (unpaired) electrons. The van der Waals surface area contributed by atoms with Crippen molar-refractivity contribution in [2.24, 2.45) is 5.73 Å². The predicted molar refractivity (Wildman–Crippen MR) is 84.2 cm³/mol. The van der Waals surface area contributed by atoms with Gasteiger partial charge >= 0.3 is 0 Å². The van der Waals surface area contributed by atoms with Crippen molar-refractivity contribution in [1.29, 1.82) is 0 Å². The van der Waals surface area contributed by atoms with E-state index in [2.05, 4.69) is 17.3 Å². The molecule has 5 N–H and O–H groups in total. The maximum Gasteiger partial charge on any atom is 0.208 e. The van der Waals surface area contributed by atoms with Gasteiger partial charge in [0, 0.05) is 11.1 Å². The Morgan fingerprint density at radius 2 is 2.20 bits per heavy atom. The van der Waals surface area contributed by atoms with Gasteiger partial charge in [-0.1, -0.05) is 0 Å². The van der Waals surface area contributed by atoms with E-state index in [1.807, 2.05) is 4.90 Å². The number of hydrogen-bond donors (Lipinski definition) is 4. The normalized spacial score (nSPS) is 39.1. The molecule has 25 heavy (non-hydrogen) atoms. The molecule has 9 heteroatoms. The summed E-state index contributed by atoms with van der Waals surface area (Å²) in [6.45, 7) is 1.91. The summed E-state index contributed by atoms with van der Waals surface area (Å²) in [4.78, 5) is 38.2. The summed E-state index contributed by atoms with van der Waals surface area (Å²) in [5.74, 6) is -0.624. The fourth-order valence-electron chi connectivity index (χ4n) is 4.80. The van der Waals surface area contributed by atoms with Crippen LogP contribution in [-0.2, 0) is 19.4 Å². The molecule has 4 rings (SSSR count). The fraction of sp³-hybridized carbons (Fsp3) is 0.562. The quantitative estimate of drug-likeness (QED) is 0.0771. The van der Waals surface area contributed by atoms with Crippen molar-refractivity contribution in [3.8, 4) is 0 Å². The van der Waals surface area contributed by atoms with Gasteiger partial charge in [-0.3, -0.25) is 14.9 Å². The highest BCUT2D eigenvalue weighted by molar-refractivity contribution is 6.25. The summed E-state index contributed by atoms with van der Waals surface area (Å²) in [5.41, 5.74) is 5.93. The molecule has 1 aliphatic carbocycles. The van der Waals surface area contributed by atoms with Crippen molar-refractivity contribution < 1.29 is 29.4 Å². The van der Waals surface area contributed by atoms with E-state index in [4.69, 9.17) is 10.6 Å². The number of nitrogens with two attached hydrogens (primary N) is 1. The Balaban J connectivity index is 1.81. The number of quaternary nitrogens is 1. The third-order valence-corrected chi connectivity index (χ3v) is 6.07. The van der Waals surface area contributed by atoms with Gasteiger partial charge in [-0.2, -0.15) is 0 Å². The second-order valence-corrected chi connectivity index (χ2v) is 6.94. The largest absolute Gasteiger partial charge is 0.450 e. The van der Waals surface area contributed by atoms with Crippen LogP contribution in [0.5, 0.6) is 0 Å². The summed E-state index contributed by atoms with van der Waals surface area (Å²) < 4.78 is 0. The average Bonchev–Trinajstić information content (AvgIpc) is 3.00. The molecule has 1 unspecified atom stereocenters. The summed E-state index contributed by atoms with van der Waals surface area (Å²) in [6, 6.07) is -0.356. The molecule has 0 aromatic carbocycles. The van der Waals surface area contributed by atoms with Crippen LogP contribution in [0.3, 0.4) is 0 Å². The van der Waals surface area contributed by atoms with Crippen molar-refractivity contribution in [1.82, 2.24) is 10.2 Å². The Bertz CT molecular complexity index is 732. The monoisotopic (exact) mass is 350 g/mol. The first kappa shape index (κ1) is 16.7. The number of Topliss-reactive ketones (excluding diaryl/α,β-unsaturated/α-hetero) is 2. The van der Waals surface area contributed by atoms with E-state index in [1.54, 1.807) is 6.92 Å². The minimum absolute atomic E-state index is 0.00146. The molecule has 0 spiro atoms. The van der Waals surface area contributed by atoms with Crippen molar-refractivity contribution >= 4 is 11.6 Å². The molecule has 3 aliphatic heterocycles. The fourth-order valence-corrected chi connectivity index (χ4v) is 4.80. The second kappa shape index (κ2) is 5.36. The average molecular weight is 350 g/mol. The van der Waals surface area contributed by atoms with Crippen LogP contribution in [0.25, 0.3) is 0 Å². The molecule has 0 bridgehead atoms. The second-order valence-electron chi connectivity index (χ2n) is 6.94. The zero-order chi connectivity index (χ0) is 18.1. The lowest BCUT2D eigenvalue weighted by Crippen LogP contribution is -2.95. The number of carbonyl (C=O) groups is 2. The first-order chi connectivity index (χ1) is 11.9. The summed E-state index contributed by atoms with van der Waals surface area (Å²) >= 11 is 0. The van der Waals surface area contributed by atoms with Gasteiger partial charge in [-0.05, 0) is 6.92 Å². The highest BCUT2D eigenvalue weighted by Gasteiger charge is 2.76. The summed E-state index contributed by atoms with van der Waals surface area (Å²) in [6.07, 6.45) is 0. The third kappa shape index (κ3) is 1.84. The molecule has 0 saturated carbocycles. The molecular formula is C16H22N4O5. The first-order valence-corrected chi connectivity index (χ1v) is 8.17. The topological polar surface area (TPSA) is 119 Å². The number of nitrogens with one attached hydrogen (secondary N) is 2. The maximum atomic E-state index is 12.9. The van der Waals surface area contributed by atoms with Crippen LogP contribution in [0.4, 0.5) is 0 Å². The zero-order valence-electron chi connectivity index (χ0n) is 14.2. The number of allylic oxidation sites excluding steroid dienone is 2. The van der Waals surface area contributed by atoms with Gasteiger partial charge < -0.3 is 20.6 Å². The molecule has 0 aromatic heterocycles. The number of piperazine rings is 1. The van der Waals surface area contributed by atoms with Crippen LogP contribution < -0.4 is 16.0 Å². The third-order valence-electron chi connectivity index (χ3n) is 6.07. The molecule has 0 aromatic rings. The van der Waals surface area contributed by atoms with Gasteiger partial charge in [0.05, 0.1) is 37.7 Å². The van der Waals surface area contributed by atoms with E-state index in [0.717, 1.165) is 4.90 Å². The lowest BCUT2D eigenvalue weighted by Gasteiger charge is -2.39. The number of hydrogen-bond acceptors (Lipinski definition) is 8. The molecule has 2 saturated heterocycles. The highest BCUT2D eigenvalue weighted by atomic mass is 17.2. The van der Waals surface area contributed by atoms with Crippen LogP contribution in [0.2, 0.25) is 0 Å². The number of rotatable bonds is 5. The highest BCUT2D eigenvalue weighted by Crippen LogP contribution is 2.49. The number of aliphatic hydroxyl groups is 1. The van der Waals surface area contributed by atoms with Gasteiger partial charge in [0.25, 0.3) is 0 Å². The Hall–Kier alpha value is -1.78. The SMILES string of the molecule is [CH2-][NH+]1[C@H]2[C@@H]1CN1C3=C(C(=O)C(N)=C(C)C3=O)[C@@H](NCOOC)[C@@]21CO. The smallest absolute Gasteiger partial charge is 0.208 e. The number of fused-ring (bicyclic) bond motifs is 4. The van der Waals surface area contributed by atoms with Gasteiger partial charge in [0.15, 0.2) is 0 Å². The standard InChI is InChI=1S/C16H22N4O5/c1-7-10(17)13(23)9-11(12(7)22)20-4-8-15(19(8)2)16(20,5-21)14(9)18-6-25-24-3/h8,14-15,18-19,21H,2,4-6,17H2,1,3H3/t8-,14+,15-,16-/m0/s1. The molecule has 0 amide bonds. The van der Waals surface area contributed by atoms with Crippen LogP contribution in [0.1, 0.15) is 6.92 Å². The molecule has 136 valence electrons. The van der Waals surface area contributed by atoms with E-state index in [-0.39, 0.29) is 48.3 Å². The van der Waals surface area contributed by atoms with Crippen molar-refractivity contribution in [3.05, 3.63) is 29.6 Å². The molecule has 4 aliphatic rings. The molecular weight excluding hydrogens is 328 g/mol. The zero-order valence-corrected chi connectivity index (χ0v) is 14.2. The van der Waals surface area contributed by atoms with E-state index in [1.165, 1.54) is 7.11 Å². The number of ketones is 2. The van der Waals surface area contributed by atoms with Gasteiger partial charge in [0.1, 0.15) is 24.4 Å². The first-order valence-electron chi connectivity index (χ1n) is 8.17. The van der Waals surface area contributed by atoms with Crippen LogP contribution in [0.15, 0.2) is 22.5 Å². The van der Waals surface area contributed by atoms with Crippen LogP contribution >= 0.6 is 0 Å². The van der Waals surface area contributed by atoms with E-state index >= 15 is 0 Å². The number of carbonyl (C=O) groups excluding carboxylic acids is 2. The van der Waals surface area contributed by atoms with Crippen molar-refractivity contribution in [2.75, 3.05) is 27.0 Å². The lowest BCUT2D eigenvalue weighted by atomic mass is 9.82. The van der Waals surface area contributed by atoms with Crippen molar-refractivity contribution in [3.63, 3.8) is 0 Å². The van der Waals surface area contributed by atoms with Crippen LogP contribution in [-0.4, -0.2) is 72.2 Å². The molecule has 3 heterocycles. The lowest BCUT2D eigenvalue weighted by molar-refractivity contribution is -0.746. The van der Waals surface area contributed by atoms with E-state index < -0.39 is 11.6 Å². The van der Waals surface area contributed by atoms with E-state index in [0.29, 0.717) is 17.8 Å². The number of aliphatic hydroxyl groups excluding tert-OH is 1. The Morgan fingerprint density at radius 3 is 2.84 bits per heavy atom. The van der Waals surface area contributed by atoms with Gasteiger partial charge in [-0.25, -0.2) is 9.78 Å². The Morgan fingerprint density at radius 1 is 1.48 bits per heavy atom. The van der Waals surface area contributed by atoms with Crippen LogP contribution in [0, 0.1) is 7.05 Å². The van der Waals surface area contributed by atoms with E-state index in [9.17, 15) is 14.7 Å². The molecule has 2 fully saturated rings.